The van der Waals surface area contributed by atoms with Gasteiger partial charge in [0.05, 0.1) is 0 Å². The Labute approximate surface area is 104 Å². The van der Waals surface area contributed by atoms with E-state index in [1.807, 2.05) is 0 Å². The zero-order valence-corrected chi connectivity index (χ0v) is 11.0. The first-order valence-electron chi connectivity index (χ1n) is 6.25. The van der Waals surface area contributed by atoms with Crippen LogP contribution >= 0.6 is 0 Å². The monoisotopic (exact) mass is 224 g/mol. The summed E-state index contributed by atoms with van der Waals surface area (Å²) in [5.41, 5.74) is 7.31. The van der Waals surface area contributed by atoms with Crippen LogP contribution in [0.3, 0.4) is 0 Å². The molecule has 0 bridgehead atoms. The lowest BCUT2D eigenvalue weighted by Crippen LogP contribution is -1.82. The maximum absolute atomic E-state index is 2.26. The van der Waals surface area contributed by atoms with Gasteiger partial charge in [0.25, 0.3) is 0 Å². The van der Waals surface area contributed by atoms with Gasteiger partial charge in [0.15, 0.2) is 0 Å². The van der Waals surface area contributed by atoms with E-state index in [9.17, 15) is 0 Å². The second kappa shape index (κ2) is 5.18. The van der Waals surface area contributed by atoms with Crippen molar-refractivity contribution in [2.75, 3.05) is 0 Å². The lowest BCUT2D eigenvalue weighted by atomic mass is 10.0. The lowest BCUT2D eigenvalue weighted by molar-refractivity contribution is 1.19. The van der Waals surface area contributed by atoms with Gasteiger partial charge in [-0.2, -0.15) is 0 Å². The molecular weight excluding hydrogens is 204 g/mol. The topological polar surface area (TPSA) is 0 Å². The van der Waals surface area contributed by atoms with Gasteiger partial charge in [-0.25, -0.2) is 0 Å². The highest BCUT2D eigenvalue weighted by Gasteiger charge is 2.16. The van der Waals surface area contributed by atoms with Crippen LogP contribution < -0.4 is 0 Å². The molecule has 2 rings (SSSR count). The van der Waals surface area contributed by atoms with Crippen molar-refractivity contribution in [1.29, 1.82) is 0 Å². The van der Waals surface area contributed by atoms with Gasteiger partial charge in [-0.1, -0.05) is 53.6 Å². The van der Waals surface area contributed by atoms with Gasteiger partial charge in [-0.05, 0) is 50.3 Å². The van der Waals surface area contributed by atoms with Gasteiger partial charge in [-0.3, -0.25) is 0 Å². The zero-order chi connectivity index (χ0) is 12.3. The highest BCUT2D eigenvalue weighted by atomic mass is 14.2. The molecule has 0 saturated carbocycles. The molecule has 0 fully saturated rings. The maximum atomic E-state index is 2.26. The van der Waals surface area contributed by atoms with Gasteiger partial charge >= 0.3 is 0 Å². The third kappa shape index (κ3) is 2.76. The first-order chi connectivity index (χ1) is 8.18. The van der Waals surface area contributed by atoms with Crippen molar-refractivity contribution in [3.05, 3.63) is 64.8 Å². The van der Waals surface area contributed by atoms with E-state index >= 15 is 0 Å². The second-order valence-corrected chi connectivity index (χ2v) is 4.97. The van der Waals surface area contributed by atoms with E-state index < -0.39 is 0 Å². The summed E-state index contributed by atoms with van der Waals surface area (Å²) < 4.78 is 0. The molecule has 0 heteroatoms. The second-order valence-electron chi connectivity index (χ2n) is 4.97. The van der Waals surface area contributed by atoms with Crippen LogP contribution in [-0.4, -0.2) is 0 Å². The van der Waals surface area contributed by atoms with Gasteiger partial charge in [0.1, 0.15) is 0 Å². The molecule has 0 radical (unpaired) electrons. The van der Waals surface area contributed by atoms with Crippen molar-refractivity contribution < 1.29 is 0 Å². The van der Waals surface area contributed by atoms with Crippen LogP contribution in [0.5, 0.6) is 0 Å². The molecule has 0 aromatic heterocycles. The van der Waals surface area contributed by atoms with Gasteiger partial charge < -0.3 is 0 Å². The molecule has 0 nitrogen and oxygen atoms in total. The Balaban J connectivity index is 2.14. The summed E-state index contributed by atoms with van der Waals surface area (Å²) >= 11 is 0. The van der Waals surface area contributed by atoms with E-state index in [4.69, 9.17) is 0 Å². The average Bonchev–Trinajstić information content (AvgIpc) is 2.60. The van der Waals surface area contributed by atoms with E-state index in [1.54, 1.807) is 0 Å². The third-order valence-electron chi connectivity index (χ3n) is 3.20. The smallest absolute Gasteiger partial charge is 0.00577 e. The summed E-state index contributed by atoms with van der Waals surface area (Å²) in [6.07, 6.45) is 8.76. The standard InChI is InChI=1S/C17H20/c1-13(2)8-4-6-10-16-14(3)12-15-9-5-7-11-17(15)16/h4-9,11H,10,12H2,1-3H3. The fourth-order valence-electron chi connectivity index (χ4n) is 2.32. The van der Waals surface area contributed by atoms with Crippen LogP contribution in [0, 0.1) is 0 Å². The largest absolute Gasteiger partial charge is 0.0801 e. The number of rotatable bonds is 3. The highest BCUT2D eigenvalue weighted by Crippen LogP contribution is 2.34. The summed E-state index contributed by atoms with van der Waals surface area (Å²) in [5.74, 6) is 0. The lowest BCUT2D eigenvalue weighted by Gasteiger charge is -2.02. The number of benzene rings is 1. The first kappa shape index (κ1) is 11.9. The summed E-state index contributed by atoms with van der Waals surface area (Å²) in [5, 5.41) is 0. The van der Waals surface area contributed by atoms with Crippen molar-refractivity contribution in [3.8, 4) is 0 Å². The van der Waals surface area contributed by atoms with E-state index in [-0.39, 0.29) is 0 Å². The molecule has 0 N–H and O–H groups in total. The van der Waals surface area contributed by atoms with Crippen molar-refractivity contribution in [3.63, 3.8) is 0 Å². The molecular formula is C17H20. The molecule has 17 heavy (non-hydrogen) atoms. The summed E-state index contributed by atoms with van der Waals surface area (Å²) in [4.78, 5) is 0. The minimum Gasteiger partial charge on any atom is -0.0801 e. The summed E-state index contributed by atoms with van der Waals surface area (Å²) in [6.45, 7) is 6.50. The van der Waals surface area contributed by atoms with E-state index in [2.05, 4.69) is 63.3 Å². The van der Waals surface area contributed by atoms with Crippen LogP contribution in [0.25, 0.3) is 5.57 Å². The summed E-state index contributed by atoms with van der Waals surface area (Å²) in [7, 11) is 0. The molecule has 1 aromatic carbocycles. The van der Waals surface area contributed by atoms with Crippen LogP contribution in [0.1, 0.15) is 38.3 Å². The molecule has 0 amide bonds. The Hall–Kier alpha value is -1.56. The molecule has 88 valence electrons. The predicted octanol–water partition coefficient (Wildman–Crippen LogP) is 4.93. The zero-order valence-electron chi connectivity index (χ0n) is 11.0. The highest BCUT2D eigenvalue weighted by molar-refractivity contribution is 5.76. The molecule has 0 heterocycles. The van der Waals surface area contributed by atoms with Crippen LogP contribution in [0.2, 0.25) is 0 Å². The Morgan fingerprint density at radius 1 is 1.24 bits per heavy atom. The molecule has 1 aromatic rings. The van der Waals surface area contributed by atoms with Gasteiger partial charge in [0, 0.05) is 0 Å². The molecule has 0 spiro atoms. The number of fused-ring (bicyclic) bond motifs is 1. The fraction of sp³-hybridized carbons (Fsp3) is 0.294. The SMILES string of the molecule is CC(C)=CC=CCC1=C(C)Cc2ccccc21. The van der Waals surface area contributed by atoms with Crippen LogP contribution in [-0.2, 0) is 6.42 Å². The van der Waals surface area contributed by atoms with Crippen molar-refractivity contribution in [2.45, 2.75) is 33.6 Å². The van der Waals surface area contributed by atoms with Crippen LogP contribution in [0.15, 0.2) is 53.6 Å². The number of allylic oxidation sites excluding steroid dienone is 6. The molecule has 0 unspecified atom stereocenters. The normalized spacial score (nSPS) is 14.3. The minimum atomic E-state index is 1.05. The van der Waals surface area contributed by atoms with Crippen molar-refractivity contribution in [2.24, 2.45) is 0 Å². The van der Waals surface area contributed by atoms with Crippen LogP contribution in [0.4, 0.5) is 0 Å². The van der Waals surface area contributed by atoms with Gasteiger partial charge in [-0.15, -0.1) is 0 Å². The quantitative estimate of drug-likeness (QED) is 0.639. The average molecular weight is 224 g/mol. The van der Waals surface area contributed by atoms with E-state index in [0.29, 0.717) is 0 Å². The molecule has 0 atom stereocenters. The molecule has 0 saturated heterocycles. The van der Waals surface area contributed by atoms with E-state index in [1.165, 1.54) is 27.8 Å². The third-order valence-corrected chi connectivity index (χ3v) is 3.20. The van der Waals surface area contributed by atoms with E-state index in [0.717, 1.165) is 12.8 Å². The first-order valence-corrected chi connectivity index (χ1v) is 6.25. The Morgan fingerprint density at radius 3 is 2.76 bits per heavy atom. The fourth-order valence-corrected chi connectivity index (χ4v) is 2.32. The Bertz CT molecular complexity index is 495. The molecule has 1 aliphatic carbocycles. The maximum Gasteiger partial charge on any atom is -0.00577 e. The summed E-state index contributed by atoms with van der Waals surface area (Å²) in [6, 6.07) is 8.76. The van der Waals surface area contributed by atoms with Crippen molar-refractivity contribution in [1.82, 2.24) is 0 Å². The number of hydrogen-bond donors (Lipinski definition) is 0. The minimum absolute atomic E-state index is 1.05. The number of hydrogen-bond acceptors (Lipinski definition) is 0. The molecule has 1 aliphatic rings. The Kier molecular flexibility index (Phi) is 3.63. The van der Waals surface area contributed by atoms with Gasteiger partial charge in [0.2, 0.25) is 0 Å². The Morgan fingerprint density at radius 2 is 2.00 bits per heavy atom. The molecule has 0 aliphatic heterocycles. The van der Waals surface area contributed by atoms with Crippen molar-refractivity contribution >= 4 is 5.57 Å². The predicted molar refractivity (Wildman–Crippen MR) is 75.9 cm³/mol.